The van der Waals surface area contributed by atoms with Crippen LogP contribution in [0.3, 0.4) is 0 Å². The zero-order valence-electron chi connectivity index (χ0n) is 9.50. The van der Waals surface area contributed by atoms with Crippen molar-refractivity contribution in [2.75, 3.05) is 13.2 Å². The van der Waals surface area contributed by atoms with Gasteiger partial charge in [0.25, 0.3) is 0 Å². The molecule has 1 rings (SSSR count). The van der Waals surface area contributed by atoms with Crippen molar-refractivity contribution in [3.63, 3.8) is 0 Å². The van der Waals surface area contributed by atoms with Gasteiger partial charge in [-0.15, -0.1) is 0 Å². The van der Waals surface area contributed by atoms with Gasteiger partial charge in [0, 0.05) is 29.2 Å². The number of aliphatic hydroxyl groups is 1. The molecule has 2 unspecified atom stereocenters. The van der Waals surface area contributed by atoms with E-state index >= 15 is 0 Å². The van der Waals surface area contributed by atoms with Crippen molar-refractivity contribution >= 4 is 15.9 Å². The maximum atomic E-state index is 13.6. The molecule has 4 heteroatoms. The van der Waals surface area contributed by atoms with Crippen molar-refractivity contribution in [1.29, 1.82) is 0 Å². The van der Waals surface area contributed by atoms with Crippen LogP contribution < -0.4 is 5.32 Å². The molecule has 0 aliphatic heterocycles. The summed E-state index contributed by atoms with van der Waals surface area (Å²) < 4.78 is 14.3. The number of hydrogen-bond donors (Lipinski definition) is 2. The first-order valence-corrected chi connectivity index (χ1v) is 6.13. The van der Waals surface area contributed by atoms with E-state index in [1.807, 2.05) is 19.9 Å². The molecule has 2 nitrogen and oxygen atoms in total. The van der Waals surface area contributed by atoms with Crippen LogP contribution in [0.1, 0.15) is 25.5 Å². The Bertz CT molecular complexity index is 346. The summed E-state index contributed by atoms with van der Waals surface area (Å²) in [6.07, 6.45) is 0. The predicted molar refractivity (Wildman–Crippen MR) is 66.8 cm³/mol. The maximum absolute atomic E-state index is 13.6. The molecule has 16 heavy (non-hydrogen) atoms. The lowest BCUT2D eigenvalue weighted by Gasteiger charge is -2.17. The molecule has 0 aliphatic carbocycles. The lowest BCUT2D eigenvalue weighted by Crippen LogP contribution is -2.26. The smallest absolute Gasteiger partial charge is 0.129 e. The fourth-order valence-corrected chi connectivity index (χ4v) is 1.74. The summed E-state index contributed by atoms with van der Waals surface area (Å²) in [5.74, 6) is -0.0352. The fraction of sp³-hybridized carbons (Fsp3) is 0.500. The minimum Gasteiger partial charge on any atom is -0.396 e. The largest absolute Gasteiger partial charge is 0.396 e. The first-order chi connectivity index (χ1) is 7.54. The van der Waals surface area contributed by atoms with Gasteiger partial charge in [-0.05, 0) is 25.0 Å². The Balaban J connectivity index is 2.62. The van der Waals surface area contributed by atoms with Crippen LogP contribution in [0.2, 0.25) is 0 Å². The highest BCUT2D eigenvalue weighted by Crippen LogP contribution is 2.20. The Kier molecular flexibility index (Phi) is 5.38. The van der Waals surface area contributed by atoms with Crippen molar-refractivity contribution in [1.82, 2.24) is 5.32 Å². The SMILES string of the molecule is CC(CO)CNC(C)c1ccc(Br)cc1F. The van der Waals surface area contributed by atoms with Gasteiger partial charge in [0.05, 0.1) is 0 Å². The molecule has 0 amide bonds. The molecule has 90 valence electrons. The number of nitrogens with one attached hydrogen (secondary N) is 1. The van der Waals surface area contributed by atoms with E-state index in [1.165, 1.54) is 6.07 Å². The second kappa shape index (κ2) is 6.33. The third-order valence-corrected chi connectivity index (χ3v) is 3.01. The number of halogens is 2. The Morgan fingerprint density at radius 3 is 2.69 bits per heavy atom. The highest BCUT2D eigenvalue weighted by atomic mass is 79.9. The van der Waals surface area contributed by atoms with Gasteiger partial charge in [0.1, 0.15) is 5.82 Å². The third kappa shape index (κ3) is 3.85. The second-order valence-corrected chi connectivity index (χ2v) is 5.00. The molecule has 0 spiro atoms. The van der Waals surface area contributed by atoms with Crippen molar-refractivity contribution < 1.29 is 9.50 Å². The van der Waals surface area contributed by atoms with Crippen LogP contribution in [0, 0.1) is 11.7 Å². The molecule has 0 fully saturated rings. The molecule has 0 bridgehead atoms. The molecule has 0 radical (unpaired) electrons. The first kappa shape index (κ1) is 13.6. The van der Waals surface area contributed by atoms with E-state index in [-0.39, 0.29) is 24.4 Å². The lowest BCUT2D eigenvalue weighted by atomic mass is 10.1. The van der Waals surface area contributed by atoms with E-state index in [4.69, 9.17) is 5.11 Å². The highest BCUT2D eigenvalue weighted by Gasteiger charge is 2.11. The van der Waals surface area contributed by atoms with E-state index in [1.54, 1.807) is 6.07 Å². The normalized spacial score (nSPS) is 14.8. The lowest BCUT2D eigenvalue weighted by molar-refractivity contribution is 0.230. The quantitative estimate of drug-likeness (QED) is 0.874. The summed E-state index contributed by atoms with van der Waals surface area (Å²) in [5.41, 5.74) is 0.647. The Hall–Kier alpha value is -0.450. The van der Waals surface area contributed by atoms with Crippen molar-refractivity contribution in [2.24, 2.45) is 5.92 Å². The summed E-state index contributed by atoms with van der Waals surface area (Å²) in [5, 5.41) is 12.1. The zero-order valence-corrected chi connectivity index (χ0v) is 11.1. The summed E-state index contributed by atoms with van der Waals surface area (Å²) >= 11 is 3.23. The highest BCUT2D eigenvalue weighted by molar-refractivity contribution is 9.10. The van der Waals surface area contributed by atoms with Gasteiger partial charge in [-0.2, -0.15) is 0 Å². The Morgan fingerprint density at radius 1 is 1.44 bits per heavy atom. The van der Waals surface area contributed by atoms with Gasteiger partial charge in [-0.25, -0.2) is 4.39 Å². The van der Waals surface area contributed by atoms with Gasteiger partial charge in [0.2, 0.25) is 0 Å². The van der Waals surface area contributed by atoms with Crippen LogP contribution in [0.15, 0.2) is 22.7 Å². The van der Waals surface area contributed by atoms with Crippen LogP contribution in [0.5, 0.6) is 0 Å². The first-order valence-electron chi connectivity index (χ1n) is 5.33. The molecule has 0 heterocycles. The third-order valence-electron chi connectivity index (χ3n) is 2.51. The zero-order chi connectivity index (χ0) is 12.1. The Morgan fingerprint density at radius 2 is 2.12 bits per heavy atom. The molecule has 1 aromatic carbocycles. The minimum atomic E-state index is -0.217. The molecule has 0 saturated carbocycles. The van der Waals surface area contributed by atoms with Crippen LogP contribution in [0.4, 0.5) is 4.39 Å². The van der Waals surface area contributed by atoms with E-state index in [9.17, 15) is 4.39 Å². The monoisotopic (exact) mass is 289 g/mol. The van der Waals surface area contributed by atoms with Gasteiger partial charge < -0.3 is 10.4 Å². The number of hydrogen-bond acceptors (Lipinski definition) is 2. The fourth-order valence-electron chi connectivity index (χ4n) is 1.41. The van der Waals surface area contributed by atoms with Crippen LogP contribution >= 0.6 is 15.9 Å². The summed E-state index contributed by atoms with van der Waals surface area (Å²) in [6.45, 7) is 4.67. The predicted octanol–water partition coefficient (Wildman–Crippen LogP) is 2.87. The summed E-state index contributed by atoms with van der Waals surface area (Å²) in [6, 6.07) is 5.00. The summed E-state index contributed by atoms with van der Waals surface area (Å²) in [4.78, 5) is 0. The Labute approximate surface area is 104 Å². The number of rotatable bonds is 5. The van der Waals surface area contributed by atoms with Crippen LogP contribution in [-0.2, 0) is 0 Å². The van der Waals surface area contributed by atoms with Crippen LogP contribution in [0.25, 0.3) is 0 Å². The summed E-state index contributed by atoms with van der Waals surface area (Å²) in [7, 11) is 0. The van der Waals surface area contributed by atoms with Gasteiger partial charge in [0.15, 0.2) is 0 Å². The van der Waals surface area contributed by atoms with Crippen molar-refractivity contribution in [2.45, 2.75) is 19.9 Å². The number of benzene rings is 1. The topological polar surface area (TPSA) is 32.3 Å². The molecular formula is C12H17BrFNO. The van der Waals surface area contributed by atoms with E-state index in [0.29, 0.717) is 12.1 Å². The molecule has 0 aliphatic rings. The average Bonchev–Trinajstić information content (AvgIpc) is 2.25. The molecular weight excluding hydrogens is 273 g/mol. The molecule has 0 aromatic heterocycles. The van der Waals surface area contributed by atoms with Crippen molar-refractivity contribution in [3.8, 4) is 0 Å². The molecule has 2 atom stereocenters. The minimum absolute atomic E-state index is 0.0536. The molecule has 0 saturated heterocycles. The number of aliphatic hydroxyl groups excluding tert-OH is 1. The van der Waals surface area contributed by atoms with Gasteiger partial charge >= 0.3 is 0 Å². The van der Waals surface area contributed by atoms with Gasteiger partial charge in [-0.3, -0.25) is 0 Å². The van der Waals surface area contributed by atoms with E-state index < -0.39 is 0 Å². The molecule has 2 N–H and O–H groups in total. The van der Waals surface area contributed by atoms with E-state index in [0.717, 1.165) is 4.47 Å². The van der Waals surface area contributed by atoms with Gasteiger partial charge in [-0.1, -0.05) is 28.9 Å². The van der Waals surface area contributed by atoms with E-state index in [2.05, 4.69) is 21.2 Å². The average molecular weight is 290 g/mol. The second-order valence-electron chi connectivity index (χ2n) is 4.08. The standard InChI is InChI=1S/C12H17BrFNO/c1-8(7-16)6-15-9(2)11-4-3-10(13)5-12(11)14/h3-5,8-9,15-16H,6-7H2,1-2H3. The molecule has 1 aromatic rings. The van der Waals surface area contributed by atoms with Crippen molar-refractivity contribution in [3.05, 3.63) is 34.1 Å². The maximum Gasteiger partial charge on any atom is 0.129 e. The van der Waals surface area contributed by atoms with Crippen LogP contribution in [-0.4, -0.2) is 18.3 Å².